The maximum Gasteiger partial charge on any atom is 0.255 e. The van der Waals surface area contributed by atoms with E-state index in [0.29, 0.717) is 37.4 Å². The van der Waals surface area contributed by atoms with Gasteiger partial charge in [0.2, 0.25) is 21.8 Å². The zero-order chi connectivity index (χ0) is 23.6. The van der Waals surface area contributed by atoms with Crippen LogP contribution in [0.5, 0.6) is 0 Å². The van der Waals surface area contributed by atoms with Crippen molar-refractivity contribution in [3.63, 3.8) is 0 Å². The molecular formula is C23H26N4O5S. The quantitative estimate of drug-likeness (QED) is 0.719. The largest absolute Gasteiger partial charge is 0.340 e. The van der Waals surface area contributed by atoms with Crippen LogP contribution in [0.2, 0.25) is 0 Å². The van der Waals surface area contributed by atoms with Crippen LogP contribution in [0.25, 0.3) is 0 Å². The second-order valence-electron chi connectivity index (χ2n) is 8.06. The second-order valence-corrected chi connectivity index (χ2v) is 10.00. The number of nitrogens with one attached hydrogen (secondary N) is 1. The van der Waals surface area contributed by atoms with Crippen LogP contribution in [0.3, 0.4) is 0 Å². The van der Waals surface area contributed by atoms with Crippen LogP contribution in [-0.2, 0) is 19.6 Å². The molecule has 2 aromatic carbocycles. The highest BCUT2D eigenvalue weighted by molar-refractivity contribution is 7.89. The van der Waals surface area contributed by atoms with E-state index in [4.69, 9.17) is 0 Å². The van der Waals surface area contributed by atoms with Gasteiger partial charge in [-0.15, -0.1) is 0 Å². The molecule has 9 nitrogen and oxygen atoms in total. The first-order valence-corrected chi connectivity index (χ1v) is 12.3. The molecule has 0 unspecified atom stereocenters. The molecule has 2 saturated heterocycles. The molecular weight excluding hydrogens is 444 g/mol. The van der Waals surface area contributed by atoms with Crippen molar-refractivity contribution in [2.24, 2.45) is 0 Å². The van der Waals surface area contributed by atoms with Crippen LogP contribution >= 0.6 is 0 Å². The summed E-state index contributed by atoms with van der Waals surface area (Å²) in [5.41, 5.74) is 1.31. The van der Waals surface area contributed by atoms with Crippen LogP contribution in [-0.4, -0.2) is 68.1 Å². The number of hydrogen-bond donors (Lipinski definition) is 1. The van der Waals surface area contributed by atoms with Gasteiger partial charge < -0.3 is 15.1 Å². The maximum atomic E-state index is 13.1. The third-order valence-corrected chi connectivity index (χ3v) is 7.83. The Bertz CT molecular complexity index is 1190. The minimum atomic E-state index is -3.81. The molecule has 10 heteroatoms. The average Bonchev–Trinajstić information content (AvgIpc) is 3.25. The molecule has 0 aliphatic carbocycles. The van der Waals surface area contributed by atoms with E-state index in [1.165, 1.54) is 29.4 Å². The molecule has 4 rings (SSSR count). The van der Waals surface area contributed by atoms with Gasteiger partial charge in [0, 0.05) is 51.6 Å². The van der Waals surface area contributed by atoms with Gasteiger partial charge in [-0.3, -0.25) is 14.4 Å². The van der Waals surface area contributed by atoms with Crippen molar-refractivity contribution >= 4 is 39.1 Å². The van der Waals surface area contributed by atoms with Crippen LogP contribution in [0.4, 0.5) is 11.4 Å². The highest BCUT2D eigenvalue weighted by atomic mass is 32.2. The molecule has 0 aromatic heterocycles. The molecule has 0 spiro atoms. The lowest BCUT2D eigenvalue weighted by Crippen LogP contribution is -2.49. The predicted octanol–water partition coefficient (Wildman–Crippen LogP) is 1.92. The SMILES string of the molecule is CC(=O)N1CCN(S(=O)(=O)c2cccc(C(=O)Nc3ccccc3N3CCCC3=O)c2)CC1. The van der Waals surface area contributed by atoms with Gasteiger partial charge in [-0.25, -0.2) is 8.42 Å². The van der Waals surface area contributed by atoms with Gasteiger partial charge in [0.15, 0.2) is 0 Å². The van der Waals surface area contributed by atoms with Crippen molar-refractivity contribution in [2.45, 2.75) is 24.7 Å². The molecule has 1 N–H and O–H groups in total. The number of hydrogen-bond acceptors (Lipinski definition) is 5. The summed E-state index contributed by atoms with van der Waals surface area (Å²) in [6.45, 7) is 3.13. The summed E-state index contributed by atoms with van der Waals surface area (Å²) in [6, 6.07) is 13.0. The summed E-state index contributed by atoms with van der Waals surface area (Å²) in [7, 11) is -3.81. The summed E-state index contributed by atoms with van der Waals surface area (Å²) < 4.78 is 27.5. The topological polar surface area (TPSA) is 107 Å². The van der Waals surface area contributed by atoms with Crippen LogP contribution < -0.4 is 10.2 Å². The number of carbonyl (C=O) groups excluding carboxylic acids is 3. The van der Waals surface area contributed by atoms with Crippen LogP contribution in [0, 0.1) is 0 Å². The highest BCUT2D eigenvalue weighted by Crippen LogP contribution is 2.30. The van der Waals surface area contributed by atoms with E-state index in [1.54, 1.807) is 40.1 Å². The summed E-state index contributed by atoms with van der Waals surface area (Å²) in [5.74, 6) is -0.538. The van der Waals surface area contributed by atoms with Crippen molar-refractivity contribution in [3.05, 3.63) is 54.1 Å². The Morgan fingerprint density at radius 1 is 0.939 bits per heavy atom. The zero-order valence-electron chi connectivity index (χ0n) is 18.4. The zero-order valence-corrected chi connectivity index (χ0v) is 19.2. The van der Waals surface area contributed by atoms with Gasteiger partial charge in [0.05, 0.1) is 16.3 Å². The average molecular weight is 471 g/mol. The Kier molecular flexibility index (Phi) is 6.48. The van der Waals surface area contributed by atoms with Gasteiger partial charge in [-0.1, -0.05) is 18.2 Å². The van der Waals surface area contributed by atoms with Crippen molar-refractivity contribution in [1.29, 1.82) is 0 Å². The maximum absolute atomic E-state index is 13.1. The molecule has 3 amide bonds. The van der Waals surface area contributed by atoms with E-state index >= 15 is 0 Å². The monoisotopic (exact) mass is 470 g/mol. The molecule has 2 aliphatic heterocycles. The van der Waals surface area contributed by atoms with Crippen molar-refractivity contribution < 1.29 is 22.8 Å². The van der Waals surface area contributed by atoms with E-state index in [1.807, 2.05) is 0 Å². The summed E-state index contributed by atoms with van der Waals surface area (Å²) in [6.07, 6.45) is 1.24. The van der Waals surface area contributed by atoms with Crippen molar-refractivity contribution in [2.75, 3.05) is 42.9 Å². The Hall–Kier alpha value is -3.24. The number of nitrogens with zero attached hydrogens (tertiary/aromatic N) is 3. The number of para-hydroxylation sites is 2. The molecule has 174 valence electrons. The van der Waals surface area contributed by atoms with Gasteiger partial charge in [0.25, 0.3) is 5.91 Å². The summed E-state index contributed by atoms with van der Waals surface area (Å²) in [4.78, 5) is 39.9. The number of sulfonamides is 1. The number of benzene rings is 2. The Morgan fingerprint density at radius 2 is 1.67 bits per heavy atom. The normalized spacial score (nSPS) is 17.3. The Labute approximate surface area is 193 Å². The van der Waals surface area contributed by atoms with Crippen molar-refractivity contribution in [1.82, 2.24) is 9.21 Å². The fourth-order valence-electron chi connectivity index (χ4n) is 4.10. The molecule has 0 bridgehead atoms. The van der Waals surface area contributed by atoms with Gasteiger partial charge >= 0.3 is 0 Å². The van der Waals surface area contributed by atoms with Crippen molar-refractivity contribution in [3.8, 4) is 0 Å². The van der Waals surface area contributed by atoms with Gasteiger partial charge in [-0.2, -0.15) is 4.31 Å². The van der Waals surface area contributed by atoms with E-state index in [2.05, 4.69) is 5.32 Å². The number of carbonyl (C=O) groups is 3. The summed E-state index contributed by atoms with van der Waals surface area (Å²) in [5, 5.41) is 2.82. The van der Waals surface area contributed by atoms with Gasteiger partial charge in [-0.05, 0) is 36.8 Å². The lowest BCUT2D eigenvalue weighted by atomic mass is 10.2. The minimum Gasteiger partial charge on any atom is -0.340 e. The first-order valence-electron chi connectivity index (χ1n) is 10.8. The van der Waals surface area contributed by atoms with Crippen LogP contribution in [0.1, 0.15) is 30.1 Å². The van der Waals surface area contributed by atoms with Crippen LogP contribution in [0.15, 0.2) is 53.4 Å². The smallest absolute Gasteiger partial charge is 0.255 e. The molecule has 2 aromatic rings. The second kappa shape index (κ2) is 9.32. The third-order valence-electron chi connectivity index (χ3n) is 5.93. The fourth-order valence-corrected chi connectivity index (χ4v) is 5.57. The molecule has 2 aliphatic rings. The molecule has 2 fully saturated rings. The van der Waals surface area contributed by atoms with E-state index in [9.17, 15) is 22.8 Å². The standard InChI is InChI=1S/C23H26N4O5S/c1-17(28)25-12-14-26(15-13-25)33(31,32)19-7-4-6-18(16-19)23(30)24-20-8-2-3-9-21(20)27-11-5-10-22(27)29/h2-4,6-9,16H,5,10-15H2,1H3,(H,24,30). The first kappa shape index (κ1) is 22.9. The number of rotatable bonds is 5. The number of amides is 3. The fraction of sp³-hybridized carbons (Fsp3) is 0.348. The Morgan fingerprint density at radius 3 is 2.33 bits per heavy atom. The minimum absolute atomic E-state index is 0.00894. The lowest BCUT2D eigenvalue weighted by molar-refractivity contribution is -0.130. The lowest BCUT2D eigenvalue weighted by Gasteiger charge is -2.33. The number of piperazine rings is 1. The Balaban J connectivity index is 1.52. The number of anilines is 2. The van der Waals surface area contributed by atoms with E-state index in [0.717, 1.165) is 6.42 Å². The van der Waals surface area contributed by atoms with Gasteiger partial charge in [0.1, 0.15) is 0 Å². The third kappa shape index (κ3) is 4.76. The molecule has 0 atom stereocenters. The highest BCUT2D eigenvalue weighted by Gasteiger charge is 2.30. The predicted molar refractivity (Wildman–Crippen MR) is 123 cm³/mol. The molecule has 0 saturated carbocycles. The van der Waals surface area contributed by atoms with E-state index in [-0.39, 0.29) is 35.4 Å². The molecule has 0 radical (unpaired) electrons. The van der Waals surface area contributed by atoms with E-state index < -0.39 is 15.9 Å². The summed E-state index contributed by atoms with van der Waals surface area (Å²) >= 11 is 0. The molecule has 2 heterocycles. The first-order chi connectivity index (χ1) is 15.8. The molecule has 33 heavy (non-hydrogen) atoms.